The standard InChI is InChI=1S/C12H9BrClN5S/c13-6-1-2-8(14)9(5-6)16-10-7-3-4-20-11(7)18-12(17-10)19-15/h1-5H,15H2,(H2,16,17,18,19). The summed E-state index contributed by atoms with van der Waals surface area (Å²) in [5, 5.41) is 6.70. The molecule has 0 amide bonds. The van der Waals surface area contributed by atoms with Crippen molar-refractivity contribution in [2.45, 2.75) is 0 Å². The molecule has 0 saturated heterocycles. The summed E-state index contributed by atoms with van der Waals surface area (Å²) in [4.78, 5) is 9.47. The fourth-order valence-corrected chi connectivity index (χ4v) is 3.03. The zero-order valence-electron chi connectivity index (χ0n) is 10.0. The first-order valence-electron chi connectivity index (χ1n) is 5.61. The van der Waals surface area contributed by atoms with Gasteiger partial charge < -0.3 is 5.32 Å². The molecule has 0 bridgehead atoms. The van der Waals surface area contributed by atoms with Crippen LogP contribution in [-0.4, -0.2) is 9.97 Å². The summed E-state index contributed by atoms with van der Waals surface area (Å²) in [6.07, 6.45) is 0. The van der Waals surface area contributed by atoms with E-state index in [-0.39, 0.29) is 0 Å². The van der Waals surface area contributed by atoms with E-state index >= 15 is 0 Å². The van der Waals surface area contributed by atoms with Gasteiger partial charge >= 0.3 is 0 Å². The molecule has 2 aromatic heterocycles. The molecule has 0 atom stereocenters. The average Bonchev–Trinajstić information content (AvgIpc) is 2.91. The Morgan fingerprint density at radius 3 is 2.90 bits per heavy atom. The minimum Gasteiger partial charge on any atom is -0.338 e. The number of aromatic nitrogens is 2. The molecule has 102 valence electrons. The van der Waals surface area contributed by atoms with E-state index in [9.17, 15) is 0 Å². The van der Waals surface area contributed by atoms with Gasteiger partial charge in [-0.2, -0.15) is 4.98 Å². The number of hydrogen-bond donors (Lipinski definition) is 3. The molecule has 20 heavy (non-hydrogen) atoms. The van der Waals surface area contributed by atoms with Gasteiger partial charge in [-0.25, -0.2) is 10.8 Å². The van der Waals surface area contributed by atoms with Gasteiger partial charge in [-0.05, 0) is 29.6 Å². The van der Waals surface area contributed by atoms with Gasteiger partial charge in [-0.3, -0.25) is 5.43 Å². The Bertz CT molecular complexity index is 776. The number of fused-ring (bicyclic) bond motifs is 1. The van der Waals surface area contributed by atoms with E-state index in [1.165, 1.54) is 11.3 Å². The number of rotatable bonds is 3. The Labute approximate surface area is 132 Å². The molecular formula is C12H9BrClN5S. The molecule has 4 N–H and O–H groups in total. The minimum atomic E-state index is 0.355. The SMILES string of the molecule is NNc1nc(Nc2cc(Br)ccc2Cl)c2ccsc2n1. The zero-order chi connectivity index (χ0) is 14.1. The van der Waals surface area contributed by atoms with Gasteiger partial charge in [0.25, 0.3) is 0 Å². The highest BCUT2D eigenvalue weighted by Gasteiger charge is 2.10. The van der Waals surface area contributed by atoms with E-state index in [0.29, 0.717) is 16.8 Å². The topological polar surface area (TPSA) is 75.9 Å². The first-order valence-corrected chi connectivity index (χ1v) is 7.66. The molecule has 0 spiro atoms. The second kappa shape index (κ2) is 5.53. The second-order valence-corrected chi connectivity index (χ2v) is 6.15. The van der Waals surface area contributed by atoms with Gasteiger partial charge in [0.1, 0.15) is 10.6 Å². The van der Waals surface area contributed by atoms with Crippen LogP contribution in [0.3, 0.4) is 0 Å². The number of hydrazine groups is 1. The van der Waals surface area contributed by atoms with Gasteiger partial charge in [0, 0.05) is 4.47 Å². The Kier molecular flexibility index (Phi) is 3.75. The van der Waals surface area contributed by atoms with Crippen molar-refractivity contribution in [3.63, 3.8) is 0 Å². The molecule has 8 heteroatoms. The van der Waals surface area contributed by atoms with Gasteiger partial charge in [0.2, 0.25) is 5.95 Å². The maximum Gasteiger partial charge on any atom is 0.240 e. The number of anilines is 3. The number of thiophene rings is 1. The van der Waals surface area contributed by atoms with Crippen molar-refractivity contribution in [3.8, 4) is 0 Å². The minimum absolute atomic E-state index is 0.355. The predicted octanol–water partition coefficient (Wildman–Crippen LogP) is 4.14. The smallest absolute Gasteiger partial charge is 0.240 e. The highest BCUT2D eigenvalue weighted by Crippen LogP contribution is 2.32. The molecule has 1 aromatic carbocycles. The van der Waals surface area contributed by atoms with Crippen LogP contribution in [0.15, 0.2) is 34.1 Å². The van der Waals surface area contributed by atoms with Crippen LogP contribution in [0, 0.1) is 0 Å². The summed E-state index contributed by atoms with van der Waals surface area (Å²) in [5.74, 6) is 6.41. The van der Waals surface area contributed by atoms with Crippen LogP contribution in [0.1, 0.15) is 0 Å². The van der Waals surface area contributed by atoms with Crippen molar-refractivity contribution >= 4 is 66.5 Å². The van der Waals surface area contributed by atoms with E-state index in [2.05, 4.69) is 36.6 Å². The number of halogens is 2. The highest BCUT2D eigenvalue weighted by atomic mass is 79.9. The summed E-state index contributed by atoms with van der Waals surface area (Å²) in [7, 11) is 0. The molecule has 3 rings (SSSR count). The van der Waals surface area contributed by atoms with Crippen molar-refractivity contribution in [1.82, 2.24) is 9.97 Å². The molecule has 0 aliphatic carbocycles. The Balaban J connectivity index is 2.09. The quantitative estimate of drug-likeness (QED) is 0.477. The number of hydrogen-bond acceptors (Lipinski definition) is 6. The molecule has 0 unspecified atom stereocenters. The van der Waals surface area contributed by atoms with Crippen LogP contribution in [-0.2, 0) is 0 Å². The first kappa shape index (κ1) is 13.6. The van der Waals surface area contributed by atoms with Crippen LogP contribution in [0.4, 0.5) is 17.5 Å². The van der Waals surface area contributed by atoms with Gasteiger partial charge in [0.05, 0.1) is 16.1 Å². The molecular weight excluding hydrogens is 362 g/mol. The van der Waals surface area contributed by atoms with Crippen molar-refractivity contribution in [2.75, 3.05) is 10.7 Å². The number of nitrogens with one attached hydrogen (secondary N) is 2. The maximum atomic E-state index is 6.18. The van der Waals surface area contributed by atoms with E-state index in [4.69, 9.17) is 17.4 Å². The van der Waals surface area contributed by atoms with Crippen molar-refractivity contribution in [2.24, 2.45) is 5.84 Å². The van der Waals surface area contributed by atoms with Crippen molar-refractivity contribution < 1.29 is 0 Å². The van der Waals surface area contributed by atoms with Gasteiger partial charge in [-0.15, -0.1) is 11.3 Å². The molecule has 0 saturated carbocycles. The Morgan fingerprint density at radius 1 is 1.25 bits per heavy atom. The van der Waals surface area contributed by atoms with E-state index in [0.717, 1.165) is 20.4 Å². The maximum absolute atomic E-state index is 6.18. The highest BCUT2D eigenvalue weighted by molar-refractivity contribution is 9.10. The summed E-state index contributed by atoms with van der Waals surface area (Å²) >= 11 is 11.1. The van der Waals surface area contributed by atoms with Crippen LogP contribution < -0.4 is 16.6 Å². The summed E-state index contributed by atoms with van der Waals surface area (Å²) < 4.78 is 0.928. The molecule has 0 fully saturated rings. The number of benzene rings is 1. The number of nitrogen functional groups attached to an aromatic ring is 1. The lowest BCUT2D eigenvalue weighted by atomic mass is 10.3. The van der Waals surface area contributed by atoms with E-state index in [1.807, 2.05) is 29.6 Å². The third-order valence-corrected chi connectivity index (χ3v) is 4.27. The monoisotopic (exact) mass is 369 g/mol. The van der Waals surface area contributed by atoms with Crippen molar-refractivity contribution in [1.29, 1.82) is 0 Å². The van der Waals surface area contributed by atoms with Gasteiger partial charge in [0.15, 0.2) is 0 Å². The van der Waals surface area contributed by atoms with Crippen LogP contribution in [0.25, 0.3) is 10.2 Å². The van der Waals surface area contributed by atoms with E-state index in [1.54, 1.807) is 0 Å². The second-order valence-electron chi connectivity index (χ2n) is 3.93. The summed E-state index contributed by atoms with van der Waals surface area (Å²) in [6.45, 7) is 0. The lowest BCUT2D eigenvalue weighted by Gasteiger charge is -2.10. The zero-order valence-corrected chi connectivity index (χ0v) is 13.2. The molecule has 0 aliphatic heterocycles. The summed E-state index contributed by atoms with van der Waals surface area (Å²) in [5.41, 5.74) is 3.22. The molecule has 2 heterocycles. The Morgan fingerprint density at radius 2 is 2.10 bits per heavy atom. The number of nitrogens with two attached hydrogens (primary N) is 1. The first-order chi connectivity index (χ1) is 9.67. The average molecular weight is 371 g/mol. The fraction of sp³-hybridized carbons (Fsp3) is 0. The van der Waals surface area contributed by atoms with Gasteiger partial charge in [-0.1, -0.05) is 27.5 Å². The third-order valence-electron chi connectivity index (χ3n) is 2.64. The molecule has 0 aliphatic rings. The lowest BCUT2D eigenvalue weighted by molar-refractivity contribution is 1.16. The lowest BCUT2D eigenvalue weighted by Crippen LogP contribution is -2.11. The third kappa shape index (κ3) is 2.57. The molecule has 5 nitrogen and oxygen atoms in total. The molecule has 3 aromatic rings. The fourth-order valence-electron chi connectivity index (χ4n) is 1.74. The van der Waals surface area contributed by atoms with Crippen LogP contribution in [0.2, 0.25) is 5.02 Å². The predicted molar refractivity (Wildman–Crippen MR) is 87.7 cm³/mol. The Hall–Kier alpha value is -1.41. The number of nitrogens with zero attached hydrogens (tertiary/aromatic N) is 2. The van der Waals surface area contributed by atoms with Crippen LogP contribution in [0.5, 0.6) is 0 Å². The largest absolute Gasteiger partial charge is 0.338 e. The van der Waals surface area contributed by atoms with Crippen molar-refractivity contribution in [3.05, 3.63) is 39.1 Å². The normalized spacial score (nSPS) is 10.8. The molecule has 0 radical (unpaired) electrons. The van der Waals surface area contributed by atoms with E-state index < -0.39 is 0 Å². The van der Waals surface area contributed by atoms with Crippen LogP contribution >= 0.6 is 38.9 Å². The summed E-state index contributed by atoms with van der Waals surface area (Å²) in [6, 6.07) is 7.52.